The number of carbonyl (C=O) groups is 1. The number of hydrogen-bond donors (Lipinski definition) is 2. The molecular weight excluding hydrogens is 487 g/mol. The maximum absolute atomic E-state index is 16.4. The third kappa shape index (κ3) is 4.48. The number of ketones is 1. The zero-order valence-corrected chi connectivity index (χ0v) is 19.3. The number of nitrogens with zero attached hydrogens (tertiary/aromatic N) is 1. The molecule has 2 aliphatic rings. The van der Waals surface area contributed by atoms with E-state index in [0.29, 0.717) is 0 Å². The molecule has 6 nitrogen and oxygen atoms in total. The Balaban J connectivity index is 1.80. The molecule has 2 aromatic carbocycles. The second-order valence-corrected chi connectivity index (χ2v) is 8.76. The number of ether oxygens (including phenoxy) is 2. The molecule has 0 amide bonds. The van der Waals surface area contributed by atoms with Crippen molar-refractivity contribution >= 4 is 16.7 Å². The summed E-state index contributed by atoms with van der Waals surface area (Å²) in [5, 5.41) is 19.8. The second kappa shape index (κ2) is 8.77. The van der Waals surface area contributed by atoms with Crippen molar-refractivity contribution in [3.63, 3.8) is 0 Å². The molecule has 5 rings (SSSR count). The standard InChI is InChI=1S/C28H30F3NO5/c1-4-26(2,3)24-10-17-9-16(20(29)13-21(17)32(24)14-19(34)15-33)11-25(35)27(7-8-27)18-5-6-22-23(12-18)37-28(30,31)36-22/h5-6,9-10,12-13,19,33-34H,4,7-8,11,14-15H2,1-3H3/t19-/m1/s1/i2D3,7D2,8D2,9D,10D,13D,14D2,15D2,19D/t19-,26?. The average molecular weight is 533 g/mol. The van der Waals surface area contributed by atoms with Crippen LogP contribution in [-0.2, 0) is 28.5 Å². The van der Waals surface area contributed by atoms with E-state index in [2.05, 4.69) is 9.47 Å². The first-order chi connectivity index (χ1) is 23.2. The normalized spacial score (nSPS) is 30.2. The highest BCUT2D eigenvalue weighted by Crippen LogP contribution is 2.52. The van der Waals surface area contributed by atoms with E-state index in [0.717, 1.165) is 25.1 Å². The van der Waals surface area contributed by atoms with E-state index in [-0.39, 0.29) is 4.57 Å². The van der Waals surface area contributed by atoms with Gasteiger partial charge in [0.25, 0.3) is 0 Å². The molecule has 1 saturated carbocycles. The zero-order valence-electron chi connectivity index (χ0n) is 34.3. The number of halogens is 3. The van der Waals surface area contributed by atoms with Gasteiger partial charge < -0.3 is 24.3 Å². The second-order valence-electron chi connectivity index (χ2n) is 8.76. The van der Waals surface area contributed by atoms with Crippen molar-refractivity contribution in [1.29, 1.82) is 0 Å². The number of Topliss-reactive ketones (excluding diaryl/α,β-unsaturated/α-hetero) is 1. The van der Waals surface area contributed by atoms with E-state index in [1.807, 2.05) is 0 Å². The lowest BCUT2D eigenvalue weighted by molar-refractivity contribution is -0.286. The van der Waals surface area contributed by atoms with E-state index in [1.54, 1.807) is 0 Å². The minimum Gasteiger partial charge on any atom is -0.395 e. The maximum atomic E-state index is 16.4. The Morgan fingerprint density at radius 3 is 2.73 bits per heavy atom. The summed E-state index contributed by atoms with van der Waals surface area (Å²) in [7, 11) is 0. The largest absolute Gasteiger partial charge is 0.586 e. The molecule has 0 bridgehead atoms. The summed E-state index contributed by atoms with van der Waals surface area (Å²) in [6.07, 6.45) is -16.4. The van der Waals surface area contributed by atoms with Crippen LogP contribution >= 0.6 is 0 Å². The molecule has 9 heteroatoms. The Hall–Kier alpha value is -3.04. The predicted octanol–water partition coefficient (Wildman–Crippen LogP) is 4.99. The molecule has 2 heterocycles. The van der Waals surface area contributed by atoms with Crippen molar-refractivity contribution in [3.8, 4) is 11.5 Å². The van der Waals surface area contributed by atoms with Crippen molar-refractivity contribution in [2.45, 2.75) is 76.0 Å². The number of aromatic nitrogens is 1. The van der Waals surface area contributed by atoms with Gasteiger partial charge in [-0.15, -0.1) is 8.78 Å². The topological polar surface area (TPSA) is 80.9 Å². The molecular formula is C28H30F3NO5. The summed E-state index contributed by atoms with van der Waals surface area (Å²) >= 11 is 0. The summed E-state index contributed by atoms with van der Waals surface area (Å²) in [6.45, 7) is -9.03. The average Bonchev–Trinajstić information content (AvgIpc) is 3.26. The van der Waals surface area contributed by atoms with Gasteiger partial charge in [-0.2, -0.15) is 0 Å². The minimum absolute atomic E-state index is 0.00131. The van der Waals surface area contributed by atoms with Gasteiger partial charge in [-0.05, 0) is 60.6 Å². The molecule has 0 saturated heterocycles. The van der Waals surface area contributed by atoms with Crippen molar-refractivity contribution in [3.05, 3.63) is 59.0 Å². The van der Waals surface area contributed by atoms with Crippen LogP contribution in [0.4, 0.5) is 13.2 Å². The molecule has 1 aromatic heterocycles. The summed E-state index contributed by atoms with van der Waals surface area (Å²) in [5.74, 6) is -4.51. The summed E-state index contributed by atoms with van der Waals surface area (Å²) in [5.41, 5.74) is -8.96. The number of alkyl halides is 2. The third-order valence-electron chi connectivity index (χ3n) is 6.21. The van der Waals surface area contributed by atoms with Gasteiger partial charge in [-0.3, -0.25) is 4.79 Å². The van der Waals surface area contributed by atoms with Gasteiger partial charge in [-0.1, -0.05) is 26.8 Å². The fourth-order valence-corrected chi connectivity index (χ4v) is 3.95. The number of benzene rings is 2. The lowest BCUT2D eigenvalue weighted by Crippen LogP contribution is -2.26. The maximum Gasteiger partial charge on any atom is 0.586 e. The third-order valence-corrected chi connectivity index (χ3v) is 6.21. The summed E-state index contributed by atoms with van der Waals surface area (Å²) in [6, 6.07) is -1.23. The predicted molar refractivity (Wildman–Crippen MR) is 131 cm³/mol. The monoisotopic (exact) mass is 532 g/mol. The van der Waals surface area contributed by atoms with Crippen LogP contribution in [0.2, 0.25) is 0 Å². The summed E-state index contributed by atoms with van der Waals surface area (Å²) < 4.78 is 178. The van der Waals surface area contributed by atoms with Crippen LogP contribution in [0.25, 0.3) is 10.9 Å². The van der Waals surface area contributed by atoms with Crippen molar-refractivity contribution in [2.75, 3.05) is 6.56 Å². The van der Waals surface area contributed by atoms with Gasteiger partial charge in [0.1, 0.15) is 11.6 Å². The fraction of sp³-hybridized carbons (Fsp3) is 0.464. The van der Waals surface area contributed by atoms with Crippen LogP contribution in [0.1, 0.15) is 77.2 Å². The van der Waals surface area contributed by atoms with Crippen LogP contribution in [0, 0.1) is 5.82 Å². The Morgan fingerprint density at radius 1 is 1.35 bits per heavy atom. The molecule has 3 aromatic rings. The Morgan fingerprint density at radius 2 is 2.08 bits per heavy atom. The molecule has 1 aliphatic heterocycles. The Labute approximate surface area is 233 Å². The van der Waals surface area contributed by atoms with Gasteiger partial charge in [0.05, 0.1) is 41.0 Å². The van der Waals surface area contributed by atoms with Gasteiger partial charge in [-0.25, -0.2) is 4.39 Å². The first-order valence-corrected chi connectivity index (χ1v) is 11.0. The first-order valence-electron chi connectivity index (χ1n) is 18.5. The molecule has 2 atom stereocenters. The highest BCUT2D eigenvalue weighted by Gasteiger charge is 2.52. The number of aliphatic hydroxyl groups is 2. The fourth-order valence-electron chi connectivity index (χ4n) is 3.95. The van der Waals surface area contributed by atoms with Crippen LogP contribution in [-0.4, -0.2) is 39.5 Å². The van der Waals surface area contributed by atoms with Crippen molar-refractivity contribution < 1.29 is 58.2 Å². The lowest BCUT2D eigenvalue weighted by Gasteiger charge is -2.26. The highest BCUT2D eigenvalue weighted by molar-refractivity contribution is 5.95. The van der Waals surface area contributed by atoms with E-state index < -0.39 is 138 Å². The van der Waals surface area contributed by atoms with E-state index in [4.69, 9.17) is 20.6 Å². The van der Waals surface area contributed by atoms with Crippen molar-refractivity contribution in [2.24, 2.45) is 0 Å². The zero-order chi connectivity index (χ0) is 40.0. The van der Waals surface area contributed by atoms with Crippen LogP contribution < -0.4 is 9.47 Å². The molecule has 0 spiro atoms. The molecule has 2 N–H and O–H groups in total. The van der Waals surface area contributed by atoms with Gasteiger partial charge in [0, 0.05) is 32.5 Å². The Kier molecular flexibility index (Phi) is 3.12. The SMILES string of the molecule is [2H]c1c(CC(=O)C2(c3ccc4c(c3)OC(F)(F)O4)C([2H])([2H])C2([2H])[2H])c(F)c([2H])c2c1c([2H])c(C(C)(CC)C([2H])([2H])[2H])n2C([2H])([2H])[C@@]([2H])(O)C([2H])([2H])O. The molecule has 1 fully saturated rings. The molecule has 0 radical (unpaired) electrons. The van der Waals surface area contributed by atoms with Gasteiger partial charge in [0.15, 0.2) is 11.5 Å². The Bertz CT molecular complexity index is 2010. The highest BCUT2D eigenvalue weighted by atomic mass is 19.3. The number of rotatable bonds is 9. The van der Waals surface area contributed by atoms with E-state index in [9.17, 15) is 23.8 Å². The number of carbonyl (C=O) groups excluding carboxylic acids is 1. The van der Waals surface area contributed by atoms with E-state index >= 15 is 4.39 Å². The van der Waals surface area contributed by atoms with Crippen LogP contribution in [0.15, 0.2) is 36.3 Å². The van der Waals surface area contributed by atoms with E-state index in [1.165, 1.54) is 6.92 Å². The lowest BCUT2D eigenvalue weighted by atomic mass is 9.86. The molecule has 37 heavy (non-hydrogen) atoms. The molecule has 1 unspecified atom stereocenters. The smallest absolute Gasteiger partial charge is 0.395 e. The quantitative estimate of drug-likeness (QED) is 0.406. The number of hydrogen-bond acceptors (Lipinski definition) is 5. The summed E-state index contributed by atoms with van der Waals surface area (Å²) in [4.78, 5) is 14.1. The minimum atomic E-state index is -4.25. The van der Waals surface area contributed by atoms with Gasteiger partial charge in [0.2, 0.25) is 0 Å². The van der Waals surface area contributed by atoms with Crippen molar-refractivity contribution in [1.82, 2.24) is 4.57 Å². The molecule has 198 valence electrons. The first kappa shape index (κ1) is 13.2. The van der Waals surface area contributed by atoms with Gasteiger partial charge >= 0.3 is 6.29 Å². The number of fused-ring (bicyclic) bond motifs is 2. The van der Waals surface area contributed by atoms with Crippen LogP contribution in [0.5, 0.6) is 11.5 Å². The molecule has 1 aliphatic carbocycles. The van der Waals surface area contributed by atoms with Crippen LogP contribution in [0.3, 0.4) is 0 Å².